The van der Waals surface area contributed by atoms with E-state index in [2.05, 4.69) is 20.6 Å². The lowest BCUT2D eigenvalue weighted by Gasteiger charge is -2.29. The standard InChI is InChI=1S/C25H34N6O5S/c1-37-11-9-19(29-22(32)18(26)12-16-6-3-2-4-7-16)23(33)30-20(13-17-14-27-15-28-17)24(34)31-10-5-8-21(31)25(35)36/h2-4,6-7,14-15,18-21H,5,8-13,26H2,1H3,(H,27,28)(H,29,32)(H,30,33)(H,35,36). The molecule has 0 saturated carbocycles. The number of aromatic amines is 1. The molecule has 1 aromatic heterocycles. The van der Waals surface area contributed by atoms with Crippen molar-refractivity contribution >= 4 is 35.5 Å². The SMILES string of the molecule is CSCCC(NC(=O)C(N)Cc1ccccc1)C(=O)NC(Cc1cnc[nH]1)C(=O)N1CCCC1C(=O)O. The minimum atomic E-state index is -1.07. The number of carboxylic acid groups (broad SMARTS) is 1. The van der Waals surface area contributed by atoms with Gasteiger partial charge in [-0.05, 0) is 43.3 Å². The second-order valence-corrected chi connectivity index (χ2v) is 9.99. The Morgan fingerprint density at radius 1 is 1.16 bits per heavy atom. The van der Waals surface area contributed by atoms with Gasteiger partial charge in [-0.15, -0.1) is 0 Å². The molecule has 12 heteroatoms. The number of benzene rings is 1. The van der Waals surface area contributed by atoms with Gasteiger partial charge in [0.05, 0.1) is 12.4 Å². The summed E-state index contributed by atoms with van der Waals surface area (Å²) in [5.74, 6) is -1.96. The van der Waals surface area contributed by atoms with Crippen molar-refractivity contribution in [2.24, 2.45) is 5.73 Å². The summed E-state index contributed by atoms with van der Waals surface area (Å²) in [5.41, 5.74) is 7.63. The summed E-state index contributed by atoms with van der Waals surface area (Å²) < 4.78 is 0. The molecule has 1 saturated heterocycles. The van der Waals surface area contributed by atoms with Crippen molar-refractivity contribution in [3.63, 3.8) is 0 Å². The molecule has 0 bridgehead atoms. The largest absolute Gasteiger partial charge is 0.480 e. The maximum absolute atomic E-state index is 13.4. The van der Waals surface area contributed by atoms with Crippen LogP contribution < -0.4 is 16.4 Å². The van der Waals surface area contributed by atoms with Gasteiger partial charge < -0.3 is 31.4 Å². The van der Waals surface area contributed by atoms with Crippen LogP contribution in [0.2, 0.25) is 0 Å². The van der Waals surface area contributed by atoms with Gasteiger partial charge in [0, 0.05) is 24.9 Å². The smallest absolute Gasteiger partial charge is 0.326 e. The van der Waals surface area contributed by atoms with E-state index in [4.69, 9.17) is 5.73 Å². The van der Waals surface area contributed by atoms with Gasteiger partial charge in [0.25, 0.3) is 0 Å². The summed E-state index contributed by atoms with van der Waals surface area (Å²) in [6.45, 7) is 0.298. The second-order valence-electron chi connectivity index (χ2n) is 9.01. The average Bonchev–Trinajstić information content (AvgIpc) is 3.58. The number of aliphatic carboxylic acids is 1. The van der Waals surface area contributed by atoms with Crippen LogP contribution in [0.15, 0.2) is 42.9 Å². The van der Waals surface area contributed by atoms with E-state index in [-0.39, 0.29) is 6.42 Å². The van der Waals surface area contributed by atoms with Gasteiger partial charge in [0.1, 0.15) is 18.1 Å². The van der Waals surface area contributed by atoms with Crippen LogP contribution in [-0.4, -0.2) is 86.4 Å². The average molecular weight is 531 g/mol. The first-order valence-electron chi connectivity index (χ1n) is 12.2. The molecule has 1 fully saturated rings. The number of carbonyl (C=O) groups excluding carboxylic acids is 3. The van der Waals surface area contributed by atoms with Crippen molar-refractivity contribution < 1.29 is 24.3 Å². The zero-order valence-electron chi connectivity index (χ0n) is 20.8. The summed E-state index contributed by atoms with van der Waals surface area (Å²) in [6, 6.07) is 5.62. The number of hydrogen-bond acceptors (Lipinski definition) is 7. The monoisotopic (exact) mass is 530 g/mol. The molecule has 11 nitrogen and oxygen atoms in total. The summed E-state index contributed by atoms with van der Waals surface area (Å²) in [5, 5.41) is 15.0. The molecular formula is C25H34N6O5S. The molecule has 3 rings (SSSR count). The van der Waals surface area contributed by atoms with Crippen molar-refractivity contribution in [2.75, 3.05) is 18.6 Å². The molecule has 6 N–H and O–H groups in total. The molecular weight excluding hydrogens is 496 g/mol. The third kappa shape index (κ3) is 8.05. The molecule has 0 spiro atoms. The number of nitrogens with one attached hydrogen (secondary N) is 3. The maximum atomic E-state index is 13.4. The lowest BCUT2D eigenvalue weighted by atomic mass is 10.0. The molecule has 4 unspecified atom stereocenters. The summed E-state index contributed by atoms with van der Waals surface area (Å²) in [4.78, 5) is 59.4. The fourth-order valence-corrected chi connectivity index (χ4v) is 4.79. The normalized spacial score (nSPS) is 17.6. The molecule has 1 aliphatic rings. The van der Waals surface area contributed by atoms with Crippen LogP contribution in [0.4, 0.5) is 0 Å². The van der Waals surface area contributed by atoms with Crippen LogP contribution in [0.5, 0.6) is 0 Å². The number of aromatic nitrogens is 2. The Bertz CT molecular complexity index is 1050. The zero-order chi connectivity index (χ0) is 26.8. The highest BCUT2D eigenvalue weighted by Crippen LogP contribution is 2.19. The van der Waals surface area contributed by atoms with Gasteiger partial charge in [0.2, 0.25) is 17.7 Å². The molecule has 2 aromatic rings. The number of imidazole rings is 1. The van der Waals surface area contributed by atoms with E-state index >= 15 is 0 Å². The summed E-state index contributed by atoms with van der Waals surface area (Å²) in [6.07, 6.45) is 6.58. The Labute approximate surface area is 220 Å². The molecule has 3 amide bonds. The van der Waals surface area contributed by atoms with E-state index in [9.17, 15) is 24.3 Å². The predicted molar refractivity (Wildman–Crippen MR) is 140 cm³/mol. The minimum Gasteiger partial charge on any atom is -0.480 e. The van der Waals surface area contributed by atoms with Gasteiger partial charge in [-0.2, -0.15) is 11.8 Å². The molecule has 37 heavy (non-hydrogen) atoms. The molecule has 1 aromatic carbocycles. The van der Waals surface area contributed by atoms with Crippen molar-refractivity contribution in [3.05, 3.63) is 54.1 Å². The van der Waals surface area contributed by atoms with Crippen molar-refractivity contribution in [1.29, 1.82) is 0 Å². The summed E-state index contributed by atoms with van der Waals surface area (Å²) >= 11 is 1.52. The van der Waals surface area contributed by atoms with E-state index < -0.39 is 47.9 Å². The number of rotatable bonds is 13. The van der Waals surface area contributed by atoms with Crippen LogP contribution in [-0.2, 0) is 32.0 Å². The van der Waals surface area contributed by atoms with Crippen LogP contribution in [0.1, 0.15) is 30.5 Å². The van der Waals surface area contributed by atoms with Crippen LogP contribution in [0.25, 0.3) is 0 Å². The Balaban J connectivity index is 1.72. The molecule has 0 aliphatic carbocycles. The third-order valence-electron chi connectivity index (χ3n) is 6.29. The molecule has 0 radical (unpaired) electrons. The van der Waals surface area contributed by atoms with Crippen LogP contribution in [0.3, 0.4) is 0 Å². The quantitative estimate of drug-likeness (QED) is 0.246. The number of carboxylic acids is 1. The van der Waals surface area contributed by atoms with Gasteiger partial charge in [-0.1, -0.05) is 30.3 Å². The molecule has 1 aliphatic heterocycles. The minimum absolute atomic E-state index is 0.101. The fraction of sp³-hybridized carbons (Fsp3) is 0.480. The van der Waals surface area contributed by atoms with E-state index in [0.717, 1.165) is 5.56 Å². The van der Waals surface area contributed by atoms with Crippen molar-refractivity contribution in [2.45, 2.75) is 56.3 Å². The molecule has 4 atom stereocenters. The number of amides is 3. The predicted octanol–water partition coefficient (Wildman–Crippen LogP) is 0.321. The summed E-state index contributed by atoms with van der Waals surface area (Å²) in [7, 11) is 0. The fourth-order valence-electron chi connectivity index (χ4n) is 4.32. The van der Waals surface area contributed by atoms with Gasteiger partial charge >= 0.3 is 5.97 Å². The number of hydrogen-bond donors (Lipinski definition) is 5. The second kappa shape index (κ2) is 13.8. The van der Waals surface area contributed by atoms with E-state index in [1.807, 2.05) is 36.6 Å². The van der Waals surface area contributed by atoms with Crippen molar-refractivity contribution in [1.82, 2.24) is 25.5 Å². The van der Waals surface area contributed by atoms with Crippen LogP contribution >= 0.6 is 11.8 Å². The van der Waals surface area contributed by atoms with E-state index in [1.54, 1.807) is 6.20 Å². The van der Waals surface area contributed by atoms with E-state index in [0.29, 0.717) is 43.7 Å². The Hall–Kier alpha value is -3.38. The number of nitrogens with zero attached hydrogens (tertiary/aromatic N) is 2. The highest BCUT2D eigenvalue weighted by molar-refractivity contribution is 7.98. The van der Waals surface area contributed by atoms with Crippen LogP contribution in [0, 0.1) is 0 Å². The third-order valence-corrected chi connectivity index (χ3v) is 6.94. The van der Waals surface area contributed by atoms with E-state index in [1.165, 1.54) is 23.0 Å². The molecule has 200 valence electrons. The lowest BCUT2D eigenvalue weighted by molar-refractivity contribution is -0.149. The van der Waals surface area contributed by atoms with Gasteiger partial charge in [0.15, 0.2) is 0 Å². The molecule has 2 heterocycles. The number of H-pyrrole nitrogens is 1. The maximum Gasteiger partial charge on any atom is 0.326 e. The highest BCUT2D eigenvalue weighted by atomic mass is 32.2. The Morgan fingerprint density at radius 3 is 2.54 bits per heavy atom. The highest BCUT2D eigenvalue weighted by Gasteiger charge is 2.38. The van der Waals surface area contributed by atoms with Crippen molar-refractivity contribution in [3.8, 4) is 0 Å². The first-order chi connectivity index (χ1) is 17.8. The van der Waals surface area contributed by atoms with Gasteiger partial charge in [-0.3, -0.25) is 14.4 Å². The topological polar surface area (TPSA) is 171 Å². The van der Waals surface area contributed by atoms with Gasteiger partial charge in [-0.25, -0.2) is 9.78 Å². The Kier molecular flexibility index (Phi) is 10.5. The number of thioether (sulfide) groups is 1. The lowest BCUT2D eigenvalue weighted by Crippen LogP contribution is -2.58. The Morgan fingerprint density at radius 2 is 1.89 bits per heavy atom. The first-order valence-corrected chi connectivity index (χ1v) is 13.6. The number of carbonyl (C=O) groups is 4. The number of likely N-dealkylation sites (tertiary alicyclic amines) is 1. The first kappa shape index (κ1) is 28.2. The zero-order valence-corrected chi connectivity index (χ0v) is 21.6. The number of nitrogens with two attached hydrogens (primary N) is 1.